The molecule has 0 saturated carbocycles. The lowest BCUT2D eigenvalue weighted by Gasteiger charge is -2.07. The Morgan fingerprint density at radius 3 is 2.88 bits per heavy atom. The first-order valence-electron chi connectivity index (χ1n) is 4.69. The van der Waals surface area contributed by atoms with Crippen LogP contribution in [-0.2, 0) is 16.0 Å². The molecule has 0 aliphatic heterocycles. The van der Waals surface area contributed by atoms with E-state index >= 15 is 0 Å². The van der Waals surface area contributed by atoms with Crippen LogP contribution in [-0.4, -0.2) is 17.7 Å². The third-order valence-corrected chi connectivity index (χ3v) is 2.49. The summed E-state index contributed by atoms with van der Waals surface area (Å²) in [5.41, 5.74) is 0.677. The zero-order valence-corrected chi connectivity index (χ0v) is 9.62. The Labute approximate surface area is 98.9 Å². The van der Waals surface area contributed by atoms with Crippen LogP contribution < -0.4 is 0 Å². The number of aromatic hydroxyl groups is 1. The van der Waals surface area contributed by atoms with E-state index in [0.29, 0.717) is 12.2 Å². The molecule has 0 spiro atoms. The minimum Gasteiger partial charge on any atom is -0.505 e. The largest absolute Gasteiger partial charge is 0.505 e. The Kier molecular flexibility index (Phi) is 4.20. The van der Waals surface area contributed by atoms with Crippen LogP contribution in [0.15, 0.2) is 17.0 Å². The van der Waals surface area contributed by atoms with Crippen molar-refractivity contribution in [1.29, 1.82) is 5.26 Å². The molecule has 1 N–H and O–H groups in total. The van der Waals surface area contributed by atoms with Crippen LogP contribution in [0.3, 0.4) is 0 Å². The van der Waals surface area contributed by atoms with E-state index in [9.17, 15) is 9.90 Å². The molecule has 0 fully saturated rings. The van der Waals surface area contributed by atoms with Gasteiger partial charge in [0.25, 0.3) is 0 Å². The highest BCUT2D eigenvalue weighted by molar-refractivity contribution is 7.80. The summed E-state index contributed by atoms with van der Waals surface area (Å²) in [5, 5.41) is 18.2. The van der Waals surface area contributed by atoms with Gasteiger partial charge in [0.05, 0.1) is 23.5 Å². The molecule has 0 saturated heterocycles. The summed E-state index contributed by atoms with van der Waals surface area (Å²) in [5.74, 6) is -0.588. The second kappa shape index (κ2) is 5.42. The van der Waals surface area contributed by atoms with Gasteiger partial charge in [0, 0.05) is 0 Å². The maximum absolute atomic E-state index is 11.2. The third-order valence-electron chi connectivity index (χ3n) is 2.00. The number of rotatable bonds is 3. The number of phenolic OH excluding ortho intramolecular Hbond substituents is 1. The lowest BCUT2D eigenvalue weighted by atomic mass is 10.1. The number of thiol groups is 1. The van der Waals surface area contributed by atoms with Gasteiger partial charge in [0.15, 0.2) is 0 Å². The molecule has 0 aromatic heterocycles. The average molecular weight is 237 g/mol. The lowest BCUT2D eigenvalue weighted by Crippen LogP contribution is -2.08. The van der Waals surface area contributed by atoms with Crippen LogP contribution in [0.25, 0.3) is 0 Å². The maximum atomic E-state index is 11.2. The Morgan fingerprint density at radius 1 is 1.62 bits per heavy atom. The summed E-state index contributed by atoms with van der Waals surface area (Å²) in [6.45, 7) is 2.03. The molecular formula is C11H11NO3S. The van der Waals surface area contributed by atoms with Crippen molar-refractivity contribution in [1.82, 2.24) is 0 Å². The normalized spacial score (nSPS) is 9.56. The summed E-state index contributed by atoms with van der Waals surface area (Å²) in [6.07, 6.45) is 0.0337. The number of benzene rings is 1. The summed E-state index contributed by atoms with van der Waals surface area (Å²) < 4.78 is 4.78. The first-order valence-corrected chi connectivity index (χ1v) is 5.14. The number of nitrogens with zero attached hydrogens (tertiary/aromatic N) is 1. The fraction of sp³-hybridized carbons (Fsp3) is 0.273. The fourth-order valence-electron chi connectivity index (χ4n) is 1.22. The predicted molar refractivity (Wildman–Crippen MR) is 60.4 cm³/mol. The molecule has 4 nitrogen and oxygen atoms in total. The molecule has 0 heterocycles. The van der Waals surface area contributed by atoms with Crippen molar-refractivity contribution in [2.75, 3.05) is 6.61 Å². The maximum Gasteiger partial charge on any atom is 0.310 e. The first-order chi connectivity index (χ1) is 7.60. The first kappa shape index (κ1) is 12.4. The number of hydrogen-bond donors (Lipinski definition) is 2. The van der Waals surface area contributed by atoms with Crippen molar-refractivity contribution in [2.24, 2.45) is 0 Å². The van der Waals surface area contributed by atoms with Gasteiger partial charge >= 0.3 is 5.97 Å². The van der Waals surface area contributed by atoms with E-state index in [0.717, 1.165) is 0 Å². The van der Waals surface area contributed by atoms with E-state index in [1.165, 1.54) is 6.07 Å². The Balaban J connectivity index is 2.96. The number of carbonyl (C=O) groups excluding carboxylic acids is 1. The van der Waals surface area contributed by atoms with E-state index in [-0.39, 0.29) is 28.6 Å². The van der Waals surface area contributed by atoms with Gasteiger partial charge in [-0.05, 0) is 18.6 Å². The van der Waals surface area contributed by atoms with Crippen LogP contribution in [0.2, 0.25) is 0 Å². The van der Waals surface area contributed by atoms with Gasteiger partial charge in [-0.15, -0.1) is 12.6 Å². The number of ether oxygens (including phenoxy) is 1. The summed E-state index contributed by atoms with van der Waals surface area (Å²) in [7, 11) is 0. The van der Waals surface area contributed by atoms with E-state index in [4.69, 9.17) is 10.00 Å². The Morgan fingerprint density at radius 2 is 2.31 bits per heavy atom. The Hall–Kier alpha value is -1.67. The van der Waals surface area contributed by atoms with E-state index < -0.39 is 0 Å². The fourth-order valence-corrected chi connectivity index (χ4v) is 1.50. The molecule has 84 valence electrons. The third kappa shape index (κ3) is 2.67. The molecule has 1 aromatic rings. The van der Waals surface area contributed by atoms with Crippen LogP contribution >= 0.6 is 12.6 Å². The molecule has 5 heteroatoms. The zero-order chi connectivity index (χ0) is 12.1. The van der Waals surface area contributed by atoms with Crippen LogP contribution in [0, 0.1) is 11.3 Å². The standard InChI is InChI=1S/C11H11NO3S/c1-2-15-9(13)5-7-3-4-8(6-12)10(14)11(7)16/h3-4,14,16H,2,5H2,1H3. The SMILES string of the molecule is CCOC(=O)Cc1ccc(C#N)c(O)c1S. The smallest absolute Gasteiger partial charge is 0.310 e. The van der Waals surface area contributed by atoms with Crippen molar-refractivity contribution in [3.05, 3.63) is 23.3 Å². The number of hydrogen-bond acceptors (Lipinski definition) is 5. The molecule has 1 rings (SSSR count). The van der Waals surface area contributed by atoms with Gasteiger partial charge in [-0.25, -0.2) is 0 Å². The highest BCUT2D eigenvalue weighted by atomic mass is 32.1. The molecule has 0 radical (unpaired) electrons. The molecular weight excluding hydrogens is 226 g/mol. The number of nitriles is 1. The highest BCUT2D eigenvalue weighted by Gasteiger charge is 2.12. The predicted octanol–water partition coefficient (Wildman–Crippen LogP) is 1.66. The van der Waals surface area contributed by atoms with E-state index in [1.54, 1.807) is 13.0 Å². The van der Waals surface area contributed by atoms with Gasteiger partial charge in [0.1, 0.15) is 11.8 Å². The molecule has 0 bridgehead atoms. The van der Waals surface area contributed by atoms with Crippen LogP contribution in [0.1, 0.15) is 18.1 Å². The average Bonchev–Trinajstić information content (AvgIpc) is 2.25. The van der Waals surface area contributed by atoms with Gasteiger partial charge in [-0.1, -0.05) is 6.07 Å². The Bertz CT molecular complexity index is 451. The summed E-state index contributed by atoms with van der Waals surface area (Å²) in [6, 6.07) is 4.86. The van der Waals surface area contributed by atoms with Crippen molar-refractivity contribution < 1.29 is 14.6 Å². The molecule has 0 amide bonds. The number of phenols is 1. The minimum atomic E-state index is -0.387. The molecule has 0 unspecified atom stereocenters. The molecule has 16 heavy (non-hydrogen) atoms. The monoisotopic (exact) mass is 237 g/mol. The highest BCUT2D eigenvalue weighted by Crippen LogP contribution is 2.29. The van der Waals surface area contributed by atoms with E-state index in [1.807, 2.05) is 6.07 Å². The van der Waals surface area contributed by atoms with Gasteiger partial charge in [0.2, 0.25) is 0 Å². The van der Waals surface area contributed by atoms with Crippen molar-refractivity contribution in [3.8, 4) is 11.8 Å². The van der Waals surface area contributed by atoms with Gasteiger partial charge in [-0.3, -0.25) is 4.79 Å². The lowest BCUT2D eigenvalue weighted by molar-refractivity contribution is -0.142. The second-order valence-electron chi connectivity index (χ2n) is 3.06. The zero-order valence-electron chi connectivity index (χ0n) is 8.73. The minimum absolute atomic E-state index is 0.0337. The number of esters is 1. The van der Waals surface area contributed by atoms with Crippen LogP contribution in [0.4, 0.5) is 0 Å². The van der Waals surface area contributed by atoms with Crippen molar-refractivity contribution in [3.63, 3.8) is 0 Å². The second-order valence-corrected chi connectivity index (χ2v) is 3.51. The van der Waals surface area contributed by atoms with Crippen molar-refractivity contribution in [2.45, 2.75) is 18.2 Å². The quantitative estimate of drug-likeness (QED) is 0.619. The van der Waals surface area contributed by atoms with Crippen LogP contribution in [0.5, 0.6) is 5.75 Å². The molecule has 0 aliphatic rings. The topological polar surface area (TPSA) is 70.3 Å². The van der Waals surface area contributed by atoms with Gasteiger partial charge < -0.3 is 9.84 Å². The van der Waals surface area contributed by atoms with Crippen molar-refractivity contribution >= 4 is 18.6 Å². The molecule has 1 aromatic carbocycles. The van der Waals surface area contributed by atoms with E-state index in [2.05, 4.69) is 12.6 Å². The summed E-state index contributed by atoms with van der Waals surface area (Å²) >= 11 is 4.07. The molecule has 0 aliphatic carbocycles. The molecule has 0 atom stereocenters. The summed E-state index contributed by atoms with van der Waals surface area (Å²) in [4.78, 5) is 11.5. The van der Waals surface area contributed by atoms with Gasteiger partial charge in [-0.2, -0.15) is 5.26 Å². The number of carbonyl (C=O) groups is 1.